The lowest BCUT2D eigenvalue weighted by Gasteiger charge is -2.30. The van der Waals surface area contributed by atoms with E-state index in [9.17, 15) is 22.4 Å². The minimum Gasteiger partial charge on any atom is -0.465 e. The van der Waals surface area contributed by atoms with Crippen LogP contribution in [0.4, 0.5) is 22.4 Å². The molecule has 1 aliphatic heterocycles. The summed E-state index contributed by atoms with van der Waals surface area (Å²) in [5.41, 5.74) is -2.05. The number of hydrogen-bond donors (Lipinski definition) is 2. The molecule has 1 aliphatic rings. The number of carbonyl (C=O) groups is 1. The van der Waals surface area contributed by atoms with Crippen LogP contribution in [0.25, 0.3) is 0 Å². The molecule has 0 unspecified atom stereocenters. The van der Waals surface area contributed by atoms with Crippen LogP contribution in [0, 0.1) is 11.7 Å². The summed E-state index contributed by atoms with van der Waals surface area (Å²) < 4.78 is 52.4. The van der Waals surface area contributed by atoms with Crippen molar-refractivity contribution in [2.75, 3.05) is 13.1 Å². The highest BCUT2D eigenvalue weighted by Crippen LogP contribution is 2.34. The summed E-state index contributed by atoms with van der Waals surface area (Å²) in [7, 11) is 0. The second kappa shape index (κ2) is 6.43. The van der Waals surface area contributed by atoms with Crippen LogP contribution in [-0.2, 0) is 6.18 Å². The van der Waals surface area contributed by atoms with Crippen molar-refractivity contribution in [1.82, 2.24) is 4.90 Å². The normalized spacial score (nSPS) is 17.4. The summed E-state index contributed by atoms with van der Waals surface area (Å²) in [5, 5.41) is 21.0. The molecule has 0 saturated carbocycles. The third-order valence-electron chi connectivity index (χ3n) is 3.84. The highest BCUT2D eigenvalue weighted by molar-refractivity contribution is 6.02. The molecular formula is C14H14F4N2O3. The molecule has 0 aromatic heterocycles. The van der Waals surface area contributed by atoms with Gasteiger partial charge in [-0.15, -0.1) is 0 Å². The van der Waals surface area contributed by atoms with Gasteiger partial charge in [0.25, 0.3) is 0 Å². The standard InChI is InChI=1S/C14H14F4N2O3/c15-11-9(2-1-3-10(11)14(16,17)18)12(19-23)8-4-6-20(7-5-8)13(21)22/h1-3,8,23H,4-7H2,(H,21,22)/b19-12+. The number of nitrogens with zero attached hydrogens (tertiary/aromatic N) is 2. The number of amides is 1. The number of carboxylic acid groups (broad SMARTS) is 1. The number of benzene rings is 1. The van der Waals surface area contributed by atoms with E-state index in [0.29, 0.717) is 6.07 Å². The highest BCUT2D eigenvalue weighted by Gasteiger charge is 2.36. The molecule has 1 aromatic carbocycles. The zero-order valence-electron chi connectivity index (χ0n) is 11.8. The number of likely N-dealkylation sites (tertiary alicyclic amines) is 1. The fourth-order valence-corrected chi connectivity index (χ4v) is 2.65. The lowest BCUT2D eigenvalue weighted by molar-refractivity contribution is -0.140. The Bertz CT molecular complexity index is 623. The van der Waals surface area contributed by atoms with E-state index in [0.717, 1.165) is 17.0 Å². The number of halogens is 4. The van der Waals surface area contributed by atoms with E-state index in [1.165, 1.54) is 0 Å². The van der Waals surface area contributed by atoms with Crippen molar-refractivity contribution < 1.29 is 32.7 Å². The van der Waals surface area contributed by atoms with Gasteiger partial charge < -0.3 is 15.2 Å². The van der Waals surface area contributed by atoms with Crippen LogP contribution in [-0.4, -0.2) is 40.1 Å². The van der Waals surface area contributed by atoms with E-state index in [2.05, 4.69) is 5.16 Å². The van der Waals surface area contributed by atoms with Gasteiger partial charge in [-0.25, -0.2) is 9.18 Å². The van der Waals surface area contributed by atoms with Gasteiger partial charge >= 0.3 is 12.3 Å². The summed E-state index contributed by atoms with van der Waals surface area (Å²) in [4.78, 5) is 12.0. The molecule has 0 atom stereocenters. The Kier molecular flexibility index (Phi) is 4.76. The van der Waals surface area contributed by atoms with Gasteiger partial charge in [-0.05, 0) is 18.9 Å². The summed E-state index contributed by atoms with van der Waals surface area (Å²) in [6, 6.07) is 2.77. The molecule has 9 heteroatoms. The fourth-order valence-electron chi connectivity index (χ4n) is 2.65. The molecule has 126 valence electrons. The topological polar surface area (TPSA) is 73.1 Å². The molecule has 0 aliphatic carbocycles. The lowest BCUT2D eigenvalue weighted by atomic mass is 9.87. The van der Waals surface area contributed by atoms with Crippen LogP contribution < -0.4 is 0 Å². The first-order chi connectivity index (χ1) is 10.8. The van der Waals surface area contributed by atoms with E-state index in [-0.39, 0.29) is 31.6 Å². The Morgan fingerprint density at radius 2 is 1.87 bits per heavy atom. The zero-order valence-corrected chi connectivity index (χ0v) is 11.8. The quantitative estimate of drug-likeness (QED) is 0.377. The lowest BCUT2D eigenvalue weighted by Crippen LogP contribution is -2.39. The van der Waals surface area contributed by atoms with Gasteiger partial charge in [0.05, 0.1) is 11.3 Å². The SMILES string of the molecule is O=C(O)N1CCC(/C(=N\O)c2cccc(C(F)(F)F)c2F)CC1. The maximum atomic E-state index is 14.1. The van der Waals surface area contributed by atoms with Crippen LogP contribution in [0.15, 0.2) is 23.4 Å². The molecule has 1 saturated heterocycles. The molecule has 23 heavy (non-hydrogen) atoms. The molecule has 0 bridgehead atoms. The van der Waals surface area contributed by atoms with Crippen molar-refractivity contribution in [1.29, 1.82) is 0 Å². The van der Waals surface area contributed by atoms with Crippen molar-refractivity contribution in [3.8, 4) is 0 Å². The Balaban J connectivity index is 2.28. The third kappa shape index (κ3) is 3.54. The van der Waals surface area contributed by atoms with Crippen molar-refractivity contribution in [3.05, 3.63) is 35.1 Å². The van der Waals surface area contributed by atoms with Gasteiger partial charge in [0, 0.05) is 24.6 Å². The van der Waals surface area contributed by atoms with Crippen molar-refractivity contribution in [2.24, 2.45) is 11.1 Å². The maximum absolute atomic E-state index is 14.1. The molecule has 1 fully saturated rings. The smallest absolute Gasteiger partial charge is 0.419 e. The van der Waals surface area contributed by atoms with Gasteiger partial charge in [0.15, 0.2) is 0 Å². The second-order valence-electron chi connectivity index (χ2n) is 5.19. The van der Waals surface area contributed by atoms with Gasteiger partial charge in [0.1, 0.15) is 5.82 Å². The van der Waals surface area contributed by atoms with Gasteiger partial charge in [0.2, 0.25) is 0 Å². The predicted molar refractivity (Wildman–Crippen MR) is 72.0 cm³/mol. The molecule has 1 amide bonds. The number of rotatable bonds is 2. The minimum atomic E-state index is -4.85. The second-order valence-corrected chi connectivity index (χ2v) is 5.19. The van der Waals surface area contributed by atoms with Crippen molar-refractivity contribution in [2.45, 2.75) is 19.0 Å². The molecule has 0 radical (unpaired) electrons. The van der Waals surface area contributed by atoms with Crippen LogP contribution in [0.1, 0.15) is 24.0 Å². The number of oxime groups is 1. The van der Waals surface area contributed by atoms with Gasteiger partial charge in [-0.3, -0.25) is 0 Å². The van der Waals surface area contributed by atoms with E-state index in [1.54, 1.807) is 0 Å². The van der Waals surface area contributed by atoms with E-state index >= 15 is 0 Å². The Hall–Kier alpha value is -2.32. The van der Waals surface area contributed by atoms with Crippen LogP contribution in [0.5, 0.6) is 0 Å². The number of hydrogen-bond acceptors (Lipinski definition) is 3. The monoisotopic (exact) mass is 334 g/mol. The molecule has 1 aromatic rings. The van der Waals surface area contributed by atoms with Crippen LogP contribution >= 0.6 is 0 Å². The number of alkyl halides is 3. The van der Waals surface area contributed by atoms with E-state index in [1.807, 2.05) is 0 Å². The first-order valence-corrected chi connectivity index (χ1v) is 6.81. The highest BCUT2D eigenvalue weighted by atomic mass is 19.4. The zero-order chi connectivity index (χ0) is 17.2. The summed E-state index contributed by atoms with van der Waals surface area (Å²) in [5.74, 6) is -2.01. The van der Waals surface area contributed by atoms with Gasteiger partial charge in [-0.2, -0.15) is 13.2 Å². The summed E-state index contributed by atoms with van der Waals surface area (Å²) in [6.45, 7) is 0.277. The summed E-state index contributed by atoms with van der Waals surface area (Å²) in [6.07, 6.45) is -5.48. The molecule has 1 heterocycles. The third-order valence-corrected chi connectivity index (χ3v) is 3.84. The molecule has 2 N–H and O–H groups in total. The fraction of sp³-hybridized carbons (Fsp3) is 0.429. The van der Waals surface area contributed by atoms with Gasteiger partial charge in [-0.1, -0.05) is 17.3 Å². The Morgan fingerprint density at radius 3 is 2.35 bits per heavy atom. The first kappa shape index (κ1) is 17.0. The molecule has 2 rings (SSSR count). The van der Waals surface area contributed by atoms with E-state index in [4.69, 9.17) is 10.3 Å². The minimum absolute atomic E-state index is 0.138. The van der Waals surface area contributed by atoms with Crippen LogP contribution in [0.3, 0.4) is 0 Å². The average Bonchev–Trinajstić information content (AvgIpc) is 2.49. The largest absolute Gasteiger partial charge is 0.465 e. The van der Waals surface area contributed by atoms with Crippen molar-refractivity contribution in [3.63, 3.8) is 0 Å². The molecule has 0 spiro atoms. The predicted octanol–water partition coefficient (Wildman–Crippen LogP) is 3.41. The van der Waals surface area contributed by atoms with Crippen molar-refractivity contribution >= 4 is 11.8 Å². The van der Waals surface area contributed by atoms with E-state index < -0.39 is 35.1 Å². The number of piperidine rings is 1. The Labute approximate surface area is 128 Å². The summed E-state index contributed by atoms with van der Waals surface area (Å²) >= 11 is 0. The first-order valence-electron chi connectivity index (χ1n) is 6.81. The Morgan fingerprint density at radius 1 is 1.26 bits per heavy atom. The molecular weight excluding hydrogens is 320 g/mol. The average molecular weight is 334 g/mol. The molecule has 5 nitrogen and oxygen atoms in total. The van der Waals surface area contributed by atoms with Crippen LogP contribution in [0.2, 0.25) is 0 Å². The maximum Gasteiger partial charge on any atom is 0.419 e.